The zero-order chi connectivity index (χ0) is 15.1. The second-order valence-corrected chi connectivity index (χ2v) is 5.28. The molecule has 4 heteroatoms. The van der Waals surface area contributed by atoms with Gasteiger partial charge in [-0.2, -0.15) is 0 Å². The molecule has 2 aromatic rings. The number of hydrogen-bond donors (Lipinski definition) is 1. The van der Waals surface area contributed by atoms with Crippen LogP contribution in [0.1, 0.15) is 24.7 Å². The van der Waals surface area contributed by atoms with E-state index in [0.29, 0.717) is 6.61 Å². The van der Waals surface area contributed by atoms with Crippen LogP contribution in [0.25, 0.3) is 0 Å². The van der Waals surface area contributed by atoms with Crippen molar-refractivity contribution in [1.82, 2.24) is 5.32 Å². The summed E-state index contributed by atoms with van der Waals surface area (Å²) >= 11 is 0. The Balaban J connectivity index is 1.86. The van der Waals surface area contributed by atoms with Crippen LogP contribution < -0.4 is 15.0 Å². The number of nitrogens with one attached hydrogen (secondary N) is 1. The predicted octanol–water partition coefficient (Wildman–Crippen LogP) is 3.42. The molecule has 0 aliphatic carbocycles. The van der Waals surface area contributed by atoms with Crippen LogP contribution in [0.3, 0.4) is 0 Å². The van der Waals surface area contributed by atoms with Gasteiger partial charge in [0.05, 0.1) is 6.26 Å². The molecule has 0 bridgehead atoms. The maximum atomic E-state index is 5.78. The van der Waals surface area contributed by atoms with Crippen molar-refractivity contribution in [2.45, 2.75) is 26.5 Å². The molecule has 0 atom stereocenters. The van der Waals surface area contributed by atoms with Gasteiger partial charge >= 0.3 is 0 Å². The lowest BCUT2D eigenvalue weighted by molar-refractivity contribution is 0.270. The topological polar surface area (TPSA) is 37.6 Å². The molecule has 0 saturated heterocycles. The predicted molar refractivity (Wildman–Crippen MR) is 85.8 cm³/mol. The highest BCUT2D eigenvalue weighted by molar-refractivity contribution is 5.49. The van der Waals surface area contributed by atoms with E-state index in [1.165, 1.54) is 0 Å². The van der Waals surface area contributed by atoms with Crippen molar-refractivity contribution >= 4 is 5.69 Å². The molecular weight excluding hydrogens is 264 g/mol. The lowest BCUT2D eigenvalue weighted by Crippen LogP contribution is -2.13. The second-order valence-electron chi connectivity index (χ2n) is 5.28. The van der Waals surface area contributed by atoms with E-state index in [0.717, 1.165) is 42.3 Å². The molecule has 1 N–H and O–H groups in total. The van der Waals surface area contributed by atoms with Gasteiger partial charge in [-0.1, -0.05) is 13.0 Å². The van der Waals surface area contributed by atoms with Gasteiger partial charge in [-0.3, -0.25) is 0 Å². The fourth-order valence-electron chi connectivity index (χ4n) is 2.01. The Bertz CT molecular complexity index is 549. The minimum Gasteiger partial charge on any atom is -0.486 e. The smallest absolute Gasteiger partial charge is 0.146 e. The number of rotatable bonds is 8. The van der Waals surface area contributed by atoms with Crippen LogP contribution in [0.5, 0.6) is 5.75 Å². The van der Waals surface area contributed by atoms with Gasteiger partial charge in [0.25, 0.3) is 0 Å². The lowest BCUT2D eigenvalue weighted by Gasteiger charge is -2.13. The highest BCUT2D eigenvalue weighted by Gasteiger charge is 2.04. The van der Waals surface area contributed by atoms with Crippen molar-refractivity contribution in [3.63, 3.8) is 0 Å². The maximum Gasteiger partial charge on any atom is 0.146 e. The summed E-state index contributed by atoms with van der Waals surface area (Å²) in [6.45, 7) is 4.47. The first-order valence-electron chi connectivity index (χ1n) is 7.36. The fraction of sp³-hybridized carbons (Fsp3) is 0.412. The van der Waals surface area contributed by atoms with E-state index in [1.54, 1.807) is 6.26 Å². The molecule has 0 aliphatic heterocycles. The summed E-state index contributed by atoms with van der Waals surface area (Å²) in [5.41, 5.74) is 2.28. The molecule has 1 aromatic carbocycles. The van der Waals surface area contributed by atoms with Crippen LogP contribution in [0, 0.1) is 0 Å². The quantitative estimate of drug-likeness (QED) is 0.755. The molecule has 2 rings (SSSR count). The number of ether oxygens (including phenoxy) is 1. The van der Waals surface area contributed by atoms with Crippen molar-refractivity contribution in [2.24, 2.45) is 0 Å². The van der Waals surface area contributed by atoms with Gasteiger partial charge in [-0.05, 0) is 31.2 Å². The largest absolute Gasteiger partial charge is 0.486 e. The summed E-state index contributed by atoms with van der Waals surface area (Å²) in [6, 6.07) is 10.1. The average Bonchev–Trinajstić information content (AvgIpc) is 2.94. The van der Waals surface area contributed by atoms with E-state index in [1.807, 2.05) is 38.4 Å². The van der Waals surface area contributed by atoms with Crippen LogP contribution in [-0.4, -0.2) is 20.6 Å². The number of benzene rings is 1. The van der Waals surface area contributed by atoms with E-state index < -0.39 is 0 Å². The molecule has 114 valence electrons. The van der Waals surface area contributed by atoms with Crippen molar-refractivity contribution in [3.05, 3.63) is 47.9 Å². The summed E-state index contributed by atoms with van der Waals surface area (Å²) in [5, 5.41) is 3.35. The van der Waals surface area contributed by atoms with Crippen molar-refractivity contribution in [3.8, 4) is 5.75 Å². The second kappa shape index (κ2) is 7.74. The van der Waals surface area contributed by atoms with Crippen LogP contribution in [0.2, 0.25) is 0 Å². The summed E-state index contributed by atoms with van der Waals surface area (Å²) in [7, 11) is 4.03. The average molecular weight is 288 g/mol. The number of furan rings is 1. The molecule has 0 aliphatic rings. The Morgan fingerprint density at radius 3 is 2.86 bits per heavy atom. The third-order valence-corrected chi connectivity index (χ3v) is 3.18. The Labute approximate surface area is 126 Å². The van der Waals surface area contributed by atoms with Gasteiger partial charge < -0.3 is 19.4 Å². The third kappa shape index (κ3) is 4.83. The van der Waals surface area contributed by atoms with Crippen LogP contribution >= 0.6 is 0 Å². The molecule has 0 fully saturated rings. The first-order chi connectivity index (χ1) is 10.2. The Hall–Kier alpha value is -1.94. The molecule has 1 aromatic heterocycles. The first-order valence-corrected chi connectivity index (χ1v) is 7.36. The van der Waals surface area contributed by atoms with Crippen LogP contribution in [-0.2, 0) is 13.2 Å². The molecule has 21 heavy (non-hydrogen) atoms. The molecule has 4 nitrogen and oxygen atoms in total. The van der Waals surface area contributed by atoms with Crippen molar-refractivity contribution < 1.29 is 9.15 Å². The van der Waals surface area contributed by atoms with E-state index in [-0.39, 0.29) is 0 Å². The SMILES string of the molecule is CCCNCc1coc(COc2cccc(N(C)C)c2)c1. The maximum absolute atomic E-state index is 5.78. The van der Waals surface area contributed by atoms with Gasteiger partial charge in [0.15, 0.2) is 0 Å². The minimum absolute atomic E-state index is 0.449. The fourth-order valence-corrected chi connectivity index (χ4v) is 2.01. The number of anilines is 1. The van der Waals surface area contributed by atoms with Gasteiger partial charge in [-0.15, -0.1) is 0 Å². The van der Waals surface area contributed by atoms with Gasteiger partial charge in [-0.25, -0.2) is 0 Å². The van der Waals surface area contributed by atoms with Gasteiger partial charge in [0.1, 0.15) is 18.1 Å². The Morgan fingerprint density at radius 1 is 1.24 bits per heavy atom. The summed E-state index contributed by atoms with van der Waals surface area (Å²) < 4.78 is 11.3. The Morgan fingerprint density at radius 2 is 2.10 bits per heavy atom. The molecule has 0 amide bonds. The van der Waals surface area contributed by atoms with Crippen LogP contribution in [0.4, 0.5) is 5.69 Å². The van der Waals surface area contributed by atoms with E-state index >= 15 is 0 Å². The highest BCUT2D eigenvalue weighted by Crippen LogP contribution is 2.20. The zero-order valence-electron chi connectivity index (χ0n) is 13.1. The zero-order valence-corrected chi connectivity index (χ0v) is 13.1. The lowest BCUT2D eigenvalue weighted by atomic mass is 10.3. The molecule has 0 saturated carbocycles. The van der Waals surface area contributed by atoms with Gasteiger partial charge in [0.2, 0.25) is 0 Å². The minimum atomic E-state index is 0.449. The molecular formula is C17H24N2O2. The first kappa shape index (κ1) is 15.4. The number of hydrogen-bond acceptors (Lipinski definition) is 4. The van der Waals surface area contributed by atoms with Crippen molar-refractivity contribution in [1.29, 1.82) is 0 Å². The Kier molecular flexibility index (Phi) is 5.69. The molecule has 0 unspecified atom stereocenters. The van der Waals surface area contributed by atoms with Gasteiger partial charge in [0, 0.05) is 38.0 Å². The van der Waals surface area contributed by atoms with E-state index in [4.69, 9.17) is 9.15 Å². The molecule has 1 heterocycles. The highest BCUT2D eigenvalue weighted by atomic mass is 16.5. The summed E-state index contributed by atoms with van der Waals surface area (Å²) in [4.78, 5) is 2.05. The number of nitrogens with zero attached hydrogens (tertiary/aromatic N) is 1. The third-order valence-electron chi connectivity index (χ3n) is 3.18. The van der Waals surface area contributed by atoms with Crippen LogP contribution in [0.15, 0.2) is 41.0 Å². The molecule has 0 spiro atoms. The molecule has 0 radical (unpaired) electrons. The summed E-state index contributed by atoms with van der Waals surface area (Å²) in [6.07, 6.45) is 2.92. The normalized spacial score (nSPS) is 10.6. The van der Waals surface area contributed by atoms with E-state index in [9.17, 15) is 0 Å². The standard InChI is InChI=1S/C17H24N2O2/c1-4-8-18-11-14-9-17(20-12-14)13-21-16-7-5-6-15(10-16)19(2)3/h5-7,9-10,12,18H,4,8,11,13H2,1-3H3. The monoisotopic (exact) mass is 288 g/mol. The summed E-state index contributed by atoms with van der Waals surface area (Å²) in [5.74, 6) is 1.70. The van der Waals surface area contributed by atoms with Crippen molar-refractivity contribution in [2.75, 3.05) is 25.5 Å². The van der Waals surface area contributed by atoms with E-state index in [2.05, 4.69) is 23.2 Å².